The van der Waals surface area contributed by atoms with Crippen molar-refractivity contribution in [2.45, 2.75) is 31.8 Å². The number of piperidine rings is 1. The van der Waals surface area contributed by atoms with Crippen molar-refractivity contribution >= 4 is 39.2 Å². The molecule has 0 atom stereocenters. The topological polar surface area (TPSA) is 46.6 Å². The number of carbonyl (C=O) groups is 2. The summed E-state index contributed by atoms with van der Waals surface area (Å²) in [6, 6.07) is 10.9. The first-order chi connectivity index (χ1) is 12.9. The van der Waals surface area contributed by atoms with E-state index in [-0.39, 0.29) is 11.7 Å². The maximum atomic E-state index is 12.8. The maximum Gasteiger partial charge on any atom is 0.255 e. The lowest BCUT2D eigenvalue weighted by molar-refractivity contribution is -0.00619. The van der Waals surface area contributed by atoms with Crippen LogP contribution in [0, 0.1) is 6.92 Å². The summed E-state index contributed by atoms with van der Waals surface area (Å²) in [4.78, 5) is 27.4. The van der Waals surface area contributed by atoms with E-state index >= 15 is 0 Å². The molecule has 0 bridgehead atoms. The first kappa shape index (κ1) is 18.5. The van der Waals surface area contributed by atoms with Crippen molar-refractivity contribution in [3.63, 3.8) is 0 Å². The minimum Gasteiger partial charge on any atom is -0.486 e. The van der Waals surface area contributed by atoms with E-state index in [0.717, 1.165) is 10.0 Å². The van der Waals surface area contributed by atoms with Crippen molar-refractivity contribution in [2.75, 3.05) is 13.1 Å². The zero-order chi connectivity index (χ0) is 19.2. The fraction of sp³-hybridized carbons (Fsp3) is 0.333. The van der Waals surface area contributed by atoms with Crippen LogP contribution in [0.2, 0.25) is 5.02 Å². The van der Waals surface area contributed by atoms with Crippen LogP contribution in [-0.4, -0.2) is 35.3 Å². The minimum absolute atomic E-state index is 0.00261. The molecule has 4 rings (SSSR count). The number of ketones is 1. The highest BCUT2D eigenvalue weighted by atomic mass is 79.9. The molecule has 0 aromatic heterocycles. The van der Waals surface area contributed by atoms with Crippen LogP contribution in [-0.2, 0) is 0 Å². The van der Waals surface area contributed by atoms with Crippen molar-refractivity contribution < 1.29 is 14.3 Å². The van der Waals surface area contributed by atoms with Gasteiger partial charge in [0.05, 0.1) is 17.5 Å². The number of aryl methyl sites for hydroxylation is 1. The van der Waals surface area contributed by atoms with E-state index in [1.165, 1.54) is 0 Å². The number of ether oxygens (including phenoxy) is 1. The van der Waals surface area contributed by atoms with Crippen LogP contribution in [0.15, 0.2) is 40.9 Å². The fourth-order valence-electron chi connectivity index (χ4n) is 3.91. The van der Waals surface area contributed by atoms with Crippen LogP contribution >= 0.6 is 27.5 Å². The molecule has 0 N–H and O–H groups in total. The number of rotatable bonds is 1. The second-order valence-electron chi connectivity index (χ2n) is 7.26. The van der Waals surface area contributed by atoms with Crippen LogP contribution < -0.4 is 4.74 Å². The lowest BCUT2D eigenvalue weighted by Gasteiger charge is -2.44. The summed E-state index contributed by atoms with van der Waals surface area (Å²) in [5.74, 6) is 0.705. The molecule has 1 fully saturated rings. The summed E-state index contributed by atoms with van der Waals surface area (Å²) < 4.78 is 7.14. The van der Waals surface area contributed by atoms with Gasteiger partial charge in [0.1, 0.15) is 11.4 Å². The molecule has 2 aliphatic heterocycles. The Bertz CT molecular complexity index is 935. The standard InChI is InChI=1S/C21H19BrClNO3/c1-13-10-14(23)11-16-18(25)12-21(27-19(13)16)6-8-24(9-7-21)20(26)15-4-2-3-5-17(15)22/h2-5,10-11H,6-9,12H2,1H3. The monoisotopic (exact) mass is 447 g/mol. The average molecular weight is 449 g/mol. The molecule has 0 unspecified atom stereocenters. The van der Waals surface area contributed by atoms with Crippen molar-refractivity contribution in [1.82, 2.24) is 4.90 Å². The van der Waals surface area contributed by atoms with E-state index in [1.54, 1.807) is 6.07 Å². The highest BCUT2D eigenvalue weighted by Gasteiger charge is 2.44. The molecule has 2 aliphatic rings. The summed E-state index contributed by atoms with van der Waals surface area (Å²) in [5, 5.41) is 0.549. The highest BCUT2D eigenvalue weighted by molar-refractivity contribution is 9.10. The van der Waals surface area contributed by atoms with Crippen molar-refractivity contribution in [1.29, 1.82) is 0 Å². The Balaban J connectivity index is 1.53. The number of Topliss-reactive ketones (excluding diaryl/α,β-unsaturated/α-hetero) is 1. The van der Waals surface area contributed by atoms with Crippen LogP contribution in [0.5, 0.6) is 5.75 Å². The average Bonchev–Trinajstić information content (AvgIpc) is 2.63. The highest BCUT2D eigenvalue weighted by Crippen LogP contribution is 2.42. The summed E-state index contributed by atoms with van der Waals surface area (Å²) in [6.45, 7) is 3.04. The molecule has 27 heavy (non-hydrogen) atoms. The molecule has 1 spiro atoms. The molecule has 2 heterocycles. The third kappa shape index (κ3) is 3.39. The van der Waals surface area contributed by atoms with Crippen LogP contribution in [0.4, 0.5) is 0 Å². The van der Waals surface area contributed by atoms with Gasteiger partial charge in [-0.1, -0.05) is 23.7 Å². The molecule has 6 heteroatoms. The van der Waals surface area contributed by atoms with Gasteiger partial charge in [-0.25, -0.2) is 0 Å². The zero-order valence-electron chi connectivity index (χ0n) is 14.9. The Morgan fingerprint density at radius 1 is 1.22 bits per heavy atom. The SMILES string of the molecule is Cc1cc(Cl)cc2c1OC1(CCN(C(=O)c3ccccc3Br)CC1)CC2=O. The Labute approximate surface area is 171 Å². The van der Waals surface area contributed by atoms with Gasteiger partial charge >= 0.3 is 0 Å². The molecule has 2 aromatic rings. The fourth-order valence-corrected chi connectivity index (χ4v) is 4.64. The van der Waals surface area contributed by atoms with Crippen LogP contribution in [0.25, 0.3) is 0 Å². The van der Waals surface area contributed by atoms with Gasteiger partial charge in [0.15, 0.2) is 5.78 Å². The molecule has 1 amide bonds. The Hall–Kier alpha value is -1.85. The number of fused-ring (bicyclic) bond motifs is 1. The number of halogens is 2. The van der Waals surface area contributed by atoms with E-state index in [9.17, 15) is 9.59 Å². The van der Waals surface area contributed by atoms with E-state index < -0.39 is 5.60 Å². The van der Waals surface area contributed by atoms with Crippen LogP contribution in [0.1, 0.15) is 45.5 Å². The predicted octanol–water partition coefficient (Wildman–Crippen LogP) is 5.05. The molecule has 140 valence electrons. The Morgan fingerprint density at radius 3 is 2.63 bits per heavy atom. The third-order valence-electron chi connectivity index (χ3n) is 5.41. The zero-order valence-corrected chi connectivity index (χ0v) is 17.3. The number of hydrogen-bond donors (Lipinski definition) is 0. The molecule has 1 saturated heterocycles. The first-order valence-corrected chi connectivity index (χ1v) is 10.1. The van der Waals surface area contributed by atoms with Crippen molar-refractivity contribution in [3.05, 3.63) is 62.6 Å². The lowest BCUT2D eigenvalue weighted by Crippen LogP contribution is -2.52. The summed E-state index contributed by atoms with van der Waals surface area (Å²) in [5.41, 5.74) is 1.56. The predicted molar refractivity (Wildman–Crippen MR) is 108 cm³/mol. The maximum absolute atomic E-state index is 12.8. The van der Waals surface area contributed by atoms with Gasteiger partial charge < -0.3 is 9.64 Å². The van der Waals surface area contributed by atoms with E-state index in [4.69, 9.17) is 16.3 Å². The first-order valence-electron chi connectivity index (χ1n) is 8.95. The summed E-state index contributed by atoms with van der Waals surface area (Å²) >= 11 is 9.54. The number of amides is 1. The summed E-state index contributed by atoms with van der Waals surface area (Å²) in [6.07, 6.45) is 1.60. The van der Waals surface area contributed by atoms with Gasteiger partial charge in [-0.3, -0.25) is 9.59 Å². The van der Waals surface area contributed by atoms with E-state index in [0.29, 0.717) is 54.3 Å². The normalized spacial score (nSPS) is 18.2. The van der Waals surface area contributed by atoms with Gasteiger partial charge in [-0.05, 0) is 52.7 Å². The molecular weight excluding hydrogens is 430 g/mol. The van der Waals surface area contributed by atoms with Crippen molar-refractivity contribution in [3.8, 4) is 5.75 Å². The molecular formula is C21H19BrClNO3. The van der Waals surface area contributed by atoms with Gasteiger partial charge in [0.25, 0.3) is 5.91 Å². The van der Waals surface area contributed by atoms with E-state index in [2.05, 4.69) is 15.9 Å². The molecule has 0 aliphatic carbocycles. The largest absolute Gasteiger partial charge is 0.486 e. The smallest absolute Gasteiger partial charge is 0.255 e. The van der Waals surface area contributed by atoms with Crippen LogP contribution in [0.3, 0.4) is 0 Å². The Morgan fingerprint density at radius 2 is 1.93 bits per heavy atom. The molecule has 2 aromatic carbocycles. The van der Waals surface area contributed by atoms with Gasteiger partial charge in [0, 0.05) is 35.4 Å². The third-order valence-corrected chi connectivity index (χ3v) is 6.32. The quantitative estimate of drug-likeness (QED) is 0.613. The minimum atomic E-state index is -0.534. The molecule has 0 saturated carbocycles. The lowest BCUT2D eigenvalue weighted by atomic mass is 9.82. The number of carbonyl (C=O) groups excluding carboxylic acids is 2. The van der Waals surface area contributed by atoms with Gasteiger partial charge in [-0.2, -0.15) is 0 Å². The van der Waals surface area contributed by atoms with Crippen molar-refractivity contribution in [2.24, 2.45) is 0 Å². The van der Waals surface area contributed by atoms with E-state index in [1.807, 2.05) is 42.2 Å². The molecule has 4 nitrogen and oxygen atoms in total. The second kappa shape index (κ2) is 6.95. The number of hydrogen-bond acceptors (Lipinski definition) is 3. The van der Waals surface area contributed by atoms with Gasteiger partial charge in [0.2, 0.25) is 0 Å². The number of likely N-dealkylation sites (tertiary alicyclic amines) is 1. The Kier molecular flexibility index (Phi) is 4.77. The second-order valence-corrected chi connectivity index (χ2v) is 8.55. The number of nitrogens with zero attached hydrogens (tertiary/aromatic N) is 1. The van der Waals surface area contributed by atoms with Gasteiger partial charge in [-0.15, -0.1) is 0 Å². The summed E-state index contributed by atoms with van der Waals surface area (Å²) in [7, 11) is 0. The molecule has 0 radical (unpaired) electrons. The number of benzene rings is 2.